The van der Waals surface area contributed by atoms with Crippen molar-refractivity contribution in [1.29, 1.82) is 5.26 Å². The Labute approximate surface area is 86.1 Å². The van der Waals surface area contributed by atoms with E-state index in [9.17, 15) is 0 Å². The molecule has 1 aliphatic carbocycles. The fraction of sp³-hybridized carbons (Fsp3) is 0.909. The Morgan fingerprint density at radius 1 is 1.29 bits per heavy atom. The van der Waals surface area contributed by atoms with Crippen LogP contribution in [0.4, 0.5) is 0 Å². The van der Waals surface area contributed by atoms with Crippen LogP contribution in [0, 0.1) is 11.3 Å². The molecule has 14 heavy (non-hydrogen) atoms. The molecule has 3 nitrogen and oxygen atoms in total. The maximum Gasteiger partial charge on any atom is 0.108 e. The van der Waals surface area contributed by atoms with Crippen LogP contribution in [-0.2, 0) is 0 Å². The first-order valence-corrected chi connectivity index (χ1v) is 5.76. The van der Waals surface area contributed by atoms with E-state index in [0.29, 0.717) is 6.04 Å². The molecule has 2 rings (SSSR count). The van der Waals surface area contributed by atoms with Gasteiger partial charge in [0, 0.05) is 12.6 Å². The minimum Gasteiger partial charge on any atom is -0.301 e. The number of nitriles is 1. The van der Waals surface area contributed by atoms with E-state index in [2.05, 4.69) is 16.3 Å². The maximum absolute atomic E-state index is 8.99. The van der Waals surface area contributed by atoms with E-state index in [1.54, 1.807) is 0 Å². The summed E-state index contributed by atoms with van der Waals surface area (Å²) in [6, 6.07) is 3.07. The molecule has 0 spiro atoms. The third-order valence-corrected chi connectivity index (χ3v) is 3.06. The fourth-order valence-electron chi connectivity index (χ4n) is 2.07. The van der Waals surface area contributed by atoms with E-state index in [1.165, 1.54) is 45.2 Å². The lowest BCUT2D eigenvalue weighted by Gasteiger charge is -2.28. The van der Waals surface area contributed by atoms with Gasteiger partial charge in [-0.2, -0.15) is 5.26 Å². The summed E-state index contributed by atoms with van der Waals surface area (Å²) < 4.78 is 0. The van der Waals surface area contributed by atoms with Crippen molar-refractivity contribution in [2.24, 2.45) is 0 Å². The molecule has 1 N–H and O–H groups in total. The lowest BCUT2D eigenvalue weighted by molar-refractivity contribution is 0.216. The molecule has 1 aliphatic heterocycles. The zero-order valence-electron chi connectivity index (χ0n) is 8.71. The first-order valence-electron chi connectivity index (χ1n) is 5.76. The average molecular weight is 193 g/mol. The van der Waals surface area contributed by atoms with Crippen molar-refractivity contribution in [3.05, 3.63) is 0 Å². The predicted octanol–water partition coefficient (Wildman–Crippen LogP) is 1.12. The van der Waals surface area contributed by atoms with Gasteiger partial charge in [-0.1, -0.05) is 6.42 Å². The zero-order valence-corrected chi connectivity index (χ0v) is 8.71. The Hall–Kier alpha value is -0.590. The van der Waals surface area contributed by atoms with Crippen LogP contribution in [0.3, 0.4) is 0 Å². The molecule has 1 unspecified atom stereocenters. The molecule has 0 bridgehead atoms. The van der Waals surface area contributed by atoms with Crippen LogP contribution < -0.4 is 5.32 Å². The largest absolute Gasteiger partial charge is 0.301 e. The lowest BCUT2D eigenvalue weighted by atomic mass is 10.1. The summed E-state index contributed by atoms with van der Waals surface area (Å²) in [6.07, 6.45) is 6.50. The van der Waals surface area contributed by atoms with Gasteiger partial charge in [-0.3, -0.25) is 5.32 Å². The first-order chi connectivity index (χ1) is 6.88. The van der Waals surface area contributed by atoms with Gasteiger partial charge in [0.1, 0.15) is 6.04 Å². The van der Waals surface area contributed by atoms with E-state index in [1.807, 2.05) is 0 Å². The number of nitrogens with one attached hydrogen (secondary N) is 1. The lowest BCUT2D eigenvalue weighted by Crippen LogP contribution is -2.43. The second-order valence-electron chi connectivity index (χ2n) is 4.48. The molecule has 3 heteroatoms. The number of likely N-dealkylation sites (tertiary alicyclic amines) is 1. The third-order valence-electron chi connectivity index (χ3n) is 3.06. The molecule has 0 amide bonds. The molecule has 1 atom stereocenters. The van der Waals surface area contributed by atoms with Gasteiger partial charge in [-0.15, -0.1) is 0 Å². The second-order valence-corrected chi connectivity index (χ2v) is 4.48. The average Bonchev–Trinajstić information content (AvgIpc) is 3.02. The molecule has 2 aliphatic rings. The molecule has 1 heterocycles. The monoisotopic (exact) mass is 193 g/mol. The molecule has 78 valence electrons. The molecule has 0 aromatic heterocycles. The Kier molecular flexibility index (Phi) is 3.39. The van der Waals surface area contributed by atoms with Gasteiger partial charge in [-0.05, 0) is 38.8 Å². The van der Waals surface area contributed by atoms with Crippen LogP contribution in [0.2, 0.25) is 0 Å². The van der Waals surface area contributed by atoms with Gasteiger partial charge in [0.05, 0.1) is 6.07 Å². The van der Waals surface area contributed by atoms with Gasteiger partial charge < -0.3 is 4.90 Å². The van der Waals surface area contributed by atoms with Gasteiger partial charge in [-0.25, -0.2) is 0 Å². The van der Waals surface area contributed by atoms with E-state index in [-0.39, 0.29) is 6.04 Å². The summed E-state index contributed by atoms with van der Waals surface area (Å²) in [6.45, 7) is 3.29. The van der Waals surface area contributed by atoms with Gasteiger partial charge in [0.25, 0.3) is 0 Å². The standard InChI is InChI=1S/C11H19N3/c12-8-11(13-10-4-5-10)9-14-6-2-1-3-7-14/h10-11,13H,1-7,9H2. The number of rotatable bonds is 4. The highest BCUT2D eigenvalue weighted by molar-refractivity contribution is 4.97. The SMILES string of the molecule is N#CC(CN1CCCCC1)NC1CC1. The smallest absolute Gasteiger partial charge is 0.108 e. The van der Waals surface area contributed by atoms with Crippen molar-refractivity contribution in [2.75, 3.05) is 19.6 Å². The number of hydrogen-bond acceptors (Lipinski definition) is 3. The van der Waals surface area contributed by atoms with Crippen LogP contribution in [-0.4, -0.2) is 36.6 Å². The molecule has 0 aromatic rings. The maximum atomic E-state index is 8.99. The molecule has 1 saturated carbocycles. The summed E-state index contributed by atoms with van der Waals surface area (Å²) in [4.78, 5) is 2.42. The van der Waals surface area contributed by atoms with Crippen molar-refractivity contribution in [3.8, 4) is 6.07 Å². The number of nitrogens with zero attached hydrogens (tertiary/aromatic N) is 2. The Balaban J connectivity index is 1.72. The van der Waals surface area contributed by atoms with Gasteiger partial charge in [0.2, 0.25) is 0 Å². The molecular formula is C11H19N3. The Morgan fingerprint density at radius 3 is 2.57 bits per heavy atom. The summed E-state index contributed by atoms with van der Waals surface area (Å²) >= 11 is 0. The topological polar surface area (TPSA) is 39.1 Å². The minimum absolute atomic E-state index is 0.0561. The fourth-order valence-corrected chi connectivity index (χ4v) is 2.07. The number of hydrogen-bond donors (Lipinski definition) is 1. The minimum atomic E-state index is 0.0561. The van der Waals surface area contributed by atoms with Crippen molar-refractivity contribution < 1.29 is 0 Å². The third kappa shape index (κ3) is 2.97. The molecule has 0 aromatic carbocycles. The van der Waals surface area contributed by atoms with Crippen LogP contribution in [0.5, 0.6) is 0 Å². The van der Waals surface area contributed by atoms with Crippen LogP contribution in [0.15, 0.2) is 0 Å². The highest BCUT2D eigenvalue weighted by atomic mass is 15.2. The second kappa shape index (κ2) is 4.77. The summed E-state index contributed by atoms with van der Waals surface area (Å²) in [5, 5.41) is 12.4. The van der Waals surface area contributed by atoms with Crippen molar-refractivity contribution in [2.45, 2.75) is 44.2 Å². The molecule has 1 saturated heterocycles. The Morgan fingerprint density at radius 2 is 2.00 bits per heavy atom. The van der Waals surface area contributed by atoms with Crippen molar-refractivity contribution in [3.63, 3.8) is 0 Å². The van der Waals surface area contributed by atoms with Crippen LogP contribution in [0.25, 0.3) is 0 Å². The molecule has 0 radical (unpaired) electrons. The molecule has 2 fully saturated rings. The van der Waals surface area contributed by atoms with E-state index in [0.717, 1.165) is 6.54 Å². The van der Waals surface area contributed by atoms with Crippen LogP contribution >= 0.6 is 0 Å². The van der Waals surface area contributed by atoms with Crippen LogP contribution in [0.1, 0.15) is 32.1 Å². The normalized spacial score (nSPS) is 25.6. The highest BCUT2D eigenvalue weighted by Gasteiger charge is 2.25. The quantitative estimate of drug-likeness (QED) is 0.727. The van der Waals surface area contributed by atoms with Crippen molar-refractivity contribution >= 4 is 0 Å². The van der Waals surface area contributed by atoms with Gasteiger partial charge >= 0.3 is 0 Å². The zero-order chi connectivity index (χ0) is 9.80. The number of piperidine rings is 1. The Bertz CT molecular complexity index is 211. The van der Waals surface area contributed by atoms with Crippen molar-refractivity contribution in [1.82, 2.24) is 10.2 Å². The summed E-state index contributed by atoms with van der Waals surface area (Å²) in [7, 11) is 0. The summed E-state index contributed by atoms with van der Waals surface area (Å²) in [5.74, 6) is 0. The molecular weight excluding hydrogens is 174 g/mol. The van der Waals surface area contributed by atoms with Gasteiger partial charge in [0.15, 0.2) is 0 Å². The first kappa shape index (κ1) is 9.95. The van der Waals surface area contributed by atoms with E-state index < -0.39 is 0 Å². The van der Waals surface area contributed by atoms with E-state index in [4.69, 9.17) is 5.26 Å². The van der Waals surface area contributed by atoms with E-state index >= 15 is 0 Å². The highest BCUT2D eigenvalue weighted by Crippen LogP contribution is 2.19. The predicted molar refractivity (Wildman–Crippen MR) is 55.8 cm³/mol. The summed E-state index contributed by atoms with van der Waals surface area (Å²) in [5.41, 5.74) is 0.